The van der Waals surface area contributed by atoms with Crippen LogP contribution in [0.5, 0.6) is 0 Å². The van der Waals surface area contributed by atoms with Gasteiger partial charge in [0.15, 0.2) is 5.82 Å². The van der Waals surface area contributed by atoms with Crippen molar-refractivity contribution in [1.29, 1.82) is 0 Å². The lowest BCUT2D eigenvalue weighted by Gasteiger charge is -2.15. The van der Waals surface area contributed by atoms with Gasteiger partial charge in [-0.1, -0.05) is 182 Å². The van der Waals surface area contributed by atoms with Crippen LogP contribution in [0.2, 0.25) is 0 Å². The standard InChI is InChI=1S/C53H35N3/c1-5-16-36(17-6-1)40-24-13-26-42(32-40)51-35-50(39-22-11-4-12-23-39)55-53(56-51)43-27-14-25-41(33-43)44-28-15-29-46-45(44)30-31-48-52(46)47(37-18-7-2-8-19-37)34-49(54-48)38-20-9-3-10-21-38/h1-35H. The highest BCUT2D eigenvalue weighted by molar-refractivity contribution is 6.17. The Balaban J connectivity index is 1.12. The van der Waals surface area contributed by atoms with Gasteiger partial charge in [-0.15, -0.1) is 0 Å². The summed E-state index contributed by atoms with van der Waals surface area (Å²) >= 11 is 0. The molecule has 0 amide bonds. The molecule has 0 atom stereocenters. The van der Waals surface area contributed by atoms with E-state index in [1.165, 1.54) is 21.9 Å². The fraction of sp³-hybridized carbons (Fsp3) is 0. The van der Waals surface area contributed by atoms with Crippen LogP contribution >= 0.6 is 0 Å². The van der Waals surface area contributed by atoms with E-state index >= 15 is 0 Å². The third-order valence-corrected chi connectivity index (χ3v) is 10.5. The van der Waals surface area contributed by atoms with Crippen LogP contribution in [0.3, 0.4) is 0 Å². The molecule has 0 radical (unpaired) electrons. The van der Waals surface area contributed by atoms with Gasteiger partial charge < -0.3 is 0 Å². The number of hydrogen-bond acceptors (Lipinski definition) is 3. The number of fused-ring (bicyclic) bond motifs is 3. The van der Waals surface area contributed by atoms with E-state index in [4.69, 9.17) is 15.0 Å². The van der Waals surface area contributed by atoms with Gasteiger partial charge in [0, 0.05) is 27.6 Å². The Morgan fingerprint density at radius 1 is 0.250 bits per heavy atom. The zero-order valence-corrected chi connectivity index (χ0v) is 30.5. The topological polar surface area (TPSA) is 38.7 Å². The molecule has 2 heterocycles. The number of hydrogen-bond donors (Lipinski definition) is 0. The lowest BCUT2D eigenvalue weighted by molar-refractivity contribution is 1.18. The van der Waals surface area contributed by atoms with E-state index < -0.39 is 0 Å². The van der Waals surface area contributed by atoms with Crippen LogP contribution in [0.15, 0.2) is 212 Å². The van der Waals surface area contributed by atoms with Crippen LogP contribution in [0.4, 0.5) is 0 Å². The molecule has 0 fully saturated rings. The van der Waals surface area contributed by atoms with Crippen LogP contribution in [-0.2, 0) is 0 Å². The second-order valence-corrected chi connectivity index (χ2v) is 14.0. The average Bonchev–Trinajstić information content (AvgIpc) is 3.29. The molecule has 0 N–H and O–H groups in total. The Kier molecular flexibility index (Phi) is 8.51. The molecule has 0 aliphatic rings. The Morgan fingerprint density at radius 3 is 1.43 bits per heavy atom. The molecule has 56 heavy (non-hydrogen) atoms. The summed E-state index contributed by atoms with van der Waals surface area (Å²) in [6.45, 7) is 0. The van der Waals surface area contributed by atoms with Crippen LogP contribution in [0.25, 0.3) is 100 Å². The van der Waals surface area contributed by atoms with E-state index in [0.29, 0.717) is 5.82 Å². The first kappa shape index (κ1) is 33.1. The molecular weight excluding hydrogens is 679 g/mol. The van der Waals surface area contributed by atoms with Crippen molar-refractivity contribution in [3.8, 4) is 78.5 Å². The van der Waals surface area contributed by atoms with Crippen molar-refractivity contribution < 1.29 is 0 Å². The Morgan fingerprint density at radius 2 is 0.750 bits per heavy atom. The lowest BCUT2D eigenvalue weighted by atomic mass is 9.91. The highest BCUT2D eigenvalue weighted by Crippen LogP contribution is 2.40. The molecular formula is C53H35N3. The minimum atomic E-state index is 0.683. The van der Waals surface area contributed by atoms with Crippen molar-refractivity contribution in [2.75, 3.05) is 0 Å². The van der Waals surface area contributed by atoms with Gasteiger partial charge in [0.2, 0.25) is 0 Å². The summed E-state index contributed by atoms with van der Waals surface area (Å²) in [5, 5.41) is 3.48. The van der Waals surface area contributed by atoms with Gasteiger partial charge in [0.1, 0.15) is 0 Å². The van der Waals surface area contributed by atoms with Gasteiger partial charge in [-0.3, -0.25) is 0 Å². The van der Waals surface area contributed by atoms with E-state index in [1.807, 2.05) is 18.2 Å². The zero-order valence-electron chi connectivity index (χ0n) is 30.5. The molecule has 0 bridgehead atoms. The van der Waals surface area contributed by atoms with E-state index in [2.05, 4.69) is 194 Å². The summed E-state index contributed by atoms with van der Waals surface area (Å²) in [7, 11) is 0. The molecule has 3 nitrogen and oxygen atoms in total. The summed E-state index contributed by atoms with van der Waals surface area (Å²) in [6.07, 6.45) is 0. The van der Waals surface area contributed by atoms with E-state index in [9.17, 15) is 0 Å². The minimum absolute atomic E-state index is 0.683. The molecule has 10 rings (SSSR count). The first-order valence-corrected chi connectivity index (χ1v) is 18.9. The van der Waals surface area contributed by atoms with Gasteiger partial charge in [-0.25, -0.2) is 15.0 Å². The van der Waals surface area contributed by atoms with Crippen LogP contribution in [0, 0.1) is 0 Å². The summed E-state index contributed by atoms with van der Waals surface area (Å²) in [4.78, 5) is 15.6. The molecule has 8 aromatic carbocycles. The van der Waals surface area contributed by atoms with E-state index in [-0.39, 0.29) is 0 Å². The summed E-state index contributed by atoms with van der Waals surface area (Å²) in [6, 6.07) is 74.5. The third kappa shape index (κ3) is 6.31. The van der Waals surface area contributed by atoms with Gasteiger partial charge in [-0.2, -0.15) is 0 Å². The summed E-state index contributed by atoms with van der Waals surface area (Å²) < 4.78 is 0. The van der Waals surface area contributed by atoms with Crippen molar-refractivity contribution in [1.82, 2.24) is 15.0 Å². The predicted octanol–water partition coefficient (Wildman–Crippen LogP) is 13.8. The number of pyridine rings is 1. The van der Waals surface area contributed by atoms with Crippen molar-refractivity contribution >= 4 is 21.7 Å². The molecule has 0 spiro atoms. The van der Waals surface area contributed by atoms with Gasteiger partial charge in [-0.05, 0) is 74.5 Å². The van der Waals surface area contributed by atoms with E-state index in [1.54, 1.807) is 0 Å². The molecule has 3 heteroatoms. The fourth-order valence-electron chi connectivity index (χ4n) is 7.74. The summed E-state index contributed by atoms with van der Waals surface area (Å²) in [5.41, 5.74) is 14.7. The van der Waals surface area contributed by atoms with Crippen LogP contribution in [-0.4, -0.2) is 15.0 Å². The molecule has 262 valence electrons. The molecule has 0 unspecified atom stereocenters. The maximum Gasteiger partial charge on any atom is 0.160 e. The highest BCUT2D eigenvalue weighted by Gasteiger charge is 2.16. The largest absolute Gasteiger partial charge is 0.248 e. The molecule has 0 aliphatic heterocycles. The van der Waals surface area contributed by atoms with Crippen LogP contribution < -0.4 is 0 Å². The van der Waals surface area contributed by atoms with Gasteiger partial charge >= 0.3 is 0 Å². The quantitative estimate of drug-likeness (QED) is 0.154. The Labute approximate surface area is 326 Å². The lowest BCUT2D eigenvalue weighted by Crippen LogP contribution is -1.96. The second-order valence-electron chi connectivity index (χ2n) is 14.0. The van der Waals surface area contributed by atoms with E-state index in [0.717, 1.165) is 72.5 Å². The second kappa shape index (κ2) is 14.4. The SMILES string of the molecule is c1ccc(-c2cccc(-c3cc(-c4ccccc4)nc(-c4cccc(-c5cccc6c5ccc5nc(-c7ccccc7)cc(-c7ccccc7)c56)c4)n3)c2)cc1. The average molecular weight is 714 g/mol. The van der Waals surface area contributed by atoms with Crippen LogP contribution in [0.1, 0.15) is 0 Å². The minimum Gasteiger partial charge on any atom is -0.248 e. The fourth-order valence-corrected chi connectivity index (χ4v) is 7.74. The number of benzene rings is 8. The zero-order chi connectivity index (χ0) is 37.3. The molecule has 0 saturated heterocycles. The number of nitrogens with zero attached hydrogens (tertiary/aromatic N) is 3. The number of aromatic nitrogens is 3. The molecule has 10 aromatic rings. The number of rotatable bonds is 7. The molecule has 0 saturated carbocycles. The first-order valence-electron chi connectivity index (χ1n) is 18.9. The van der Waals surface area contributed by atoms with Gasteiger partial charge in [0.05, 0.1) is 22.6 Å². The summed E-state index contributed by atoms with van der Waals surface area (Å²) in [5.74, 6) is 0.683. The van der Waals surface area contributed by atoms with Crippen molar-refractivity contribution in [3.63, 3.8) is 0 Å². The van der Waals surface area contributed by atoms with Crippen molar-refractivity contribution in [3.05, 3.63) is 212 Å². The molecule has 0 aliphatic carbocycles. The van der Waals surface area contributed by atoms with Crippen molar-refractivity contribution in [2.24, 2.45) is 0 Å². The third-order valence-electron chi connectivity index (χ3n) is 10.5. The first-order chi connectivity index (χ1) is 27.7. The predicted molar refractivity (Wildman–Crippen MR) is 233 cm³/mol. The smallest absolute Gasteiger partial charge is 0.160 e. The monoisotopic (exact) mass is 713 g/mol. The maximum atomic E-state index is 5.23. The Hall–Kier alpha value is -7.49. The molecule has 2 aromatic heterocycles. The Bertz CT molecular complexity index is 3000. The highest BCUT2D eigenvalue weighted by atomic mass is 14.9. The van der Waals surface area contributed by atoms with Crippen molar-refractivity contribution in [2.45, 2.75) is 0 Å². The normalized spacial score (nSPS) is 11.2. The maximum absolute atomic E-state index is 5.23. The van der Waals surface area contributed by atoms with Gasteiger partial charge in [0.25, 0.3) is 0 Å².